The molecule has 7 nitrogen and oxygen atoms in total. The zero-order valence-electron chi connectivity index (χ0n) is 19.3. The molecule has 34 heavy (non-hydrogen) atoms. The van der Waals surface area contributed by atoms with Gasteiger partial charge in [-0.3, -0.25) is 0 Å². The molecule has 6 rings (SSSR count). The van der Waals surface area contributed by atoms with Gasteiger partial charge in [0.1, 0.15) is 12.4 Å². The second kappa shape index (κ2) is 8.31. The number of benzene rings is 3. The van der Waals surface area contributed by atoms with Crippen LogP contribution in [0.3, 0.4) is 0 Å². The van der Waals surface area contributed by atoms with Crippen molar-refractivity contribution in [3.8, 4) is 39.9 Å². The largest absolute Gasteiger partial charge is 0.493 e. The Balaban J connectivity index is 1.61. The van der Waals surface area contributed by atoms with E-state index in [1.165, 1.54) is 25.7 Å². The summed E-state index contributed by atoms with van der Waals surface area (Å²) in [7, 11) is 3.21. The monoisotopic (exact) mass is 462 g/mol. The van der Waals surface area contributed by atoms with Gasteiger partial charge in [0, 0.05) is 16.5 Å². The number of rotatable bonds is 6. The van der Waals surface area contributed by atoms with Gasteiger partial charge in [-0.2, -0.15) is 0 Å². The van der Waals surface area contributed by atoms with Gasteiger partial charge >= 0.3 is 5.97 Å². The molecule has 1 fully saturated rings. The van der Waals surface area contributed by atoms with Crippen molar-refractivity contribution in [3.05, 3.63) is 41.5 Å². The third kappa shape index (κ3) is 3.30. The molecule has 176 valence electrons. The lowest BCUT2D eigenvalue weighted by molar-refractivity contribution is 0.0534. The van der Waals surface area contributed by atoms with E-state index in [0.717, 1.165) is 27.5 Å². The number of ether oxygens (including phenoxy) is 6. The SMILES string of the molecule is COc1cc2c(OCC3CCCC3)c3c(c(-c4ccc5c(c4)OCO5)c2cc1OC)C(=O)OC3. The van der Waals surface area contributed by atoms with Crippen LogP contribution in [-0.4, -0.2) is 33.6 Å². The molecule has 0 atom stereocenters. The average molecular weight is 462 g/mol. The Morgan fingerprint density at radius 3 is 2.38 bits per heavy atom. The highest BCUT2D eigenvalue weighted by atomic mass is 16.7. The van der Waals surface area contributed by atoms with Gasteiger partial charge in [0.25, 0.3) is 0 Å². The van der Waals surface area contributed by atoms with Gasteiger partial charge in [-0.05, 0) is 54.0 Å². The second-order valence-corrected chi connectivity index (χ2v) is 8.92. The van der Waals surface area contributed by atoms with Crippen molar-refractivity contribution >= 4 is 16.7 Å². The van der Waals surface area contributed by atoms with E-state index in [1.54, 1.807) is 14.2 Å². The molecule has 0 unspecified atom stereocenters. The molecule has 1 saturated carbocycles. The van der Waals surface area contributed by atoms with E-state index >= 15 is 0 Å². The Morgan fingerprint density at radius 1 is 0.882 bits per heavy atom. The molecular formula is C27H26O7. The molecule has 2 heterocycles. The first-order valence-corrected chi connectivity index (χ1v) is 11.6. The third-order valence-corrected chi connectivity index (χ3v) is 7.01. The number of fused-ring (bicyclic) bond motifs is 3. The molecule has 0 N–H and O–H groups in total. The Kier molecular flexibility index (Phi) is 5.12. The number of carbonyl (C=O) groups excluding carboxylic acids is 1. The minimum atomic E-state index is -0.356. The van der Waals surface area contributed by atoms with Crippen LogP contribution in [0.5, 0.6) is 28.7 Å². The lowest BCUT2D eigenvalue weighted by Crippen LogP contribution is -2.10. The summed E-state index contributed by atoms with van der Waals surface area (Å²) in [5, 5.41) is 1.69. The van der Waals surface area contributed by atoms with E-state index in [0.29, 0.717) is 46.8 Å². The number of hydrogen-bond donors (Lipinski definition) is 0. The van der Waals surface area contributed by atoms with E-state index in [-0.39, 0.29) is 19.4 Å². The van der Waals surface area contributed by atoms with Crippen LogP contribution in [0.2, 0.25) is 0 Å². The van der Waals surface area contributed by atoms with Gasteiger partial charge in [-0.15, -0.1) is 0 Å². The predicted octanol–water partition coefficient (Wildman–Crippen LogP) is 5.49. The maximum atomic E-state index is 13.0. The molecule has 3 aliphatic rings. The molecule has 0 spiro atoms. The second-order valence-electron chi connectivity index (χ2n) is 8.92. The number of esters is 1. The van der Waals surface area contributed by atoms with Crippen LogP contribution in [0.4, 0.5) is 0 Å². The van der Waals surface area contributed by atoms with Crippen molar-refractivity contribution in [3.63, 3.8) is 0 Å². The Hall–Kier alpha value is -3.61. The minimum absolute atomic E-state index is 0.177. The summed E-state index contributed by atoms with van der Waals surface area (Å²) < 4.78 is 34.3. The summed E-state index contributed by atoms with van der Waals surface area (Å²) in [6, 6.07) is 9.53. The third-order valence-electron chi connectivity index (χ3n) is 7.01. The summed E-state index contributed by atoms with van der Waals surface area (Å²) >= 11 is 0. The standard InChI is InChI=1S/C27H26O7/c1-29-21-10-17-18(11-22(21)30-2)26(31-12-15-5-3-4-6-15)19-13-32-27(28)25(19)24(17)16-7-8-20-23(9-16)34-14-33-20/h7-11,15H,3-6,12-14H2,1-2H3. The molecule has 1 aliphatic carbocycles. The molecule has 0 radical (unpaired) electrons. The van der Waals surface area contributed by atoms with E-state index in [1.807, 2.05) is 30.3 Å². The molecule has 3 aromatic carbocycles. The van der Waals surface area contributed by atoms with Crippen LogP contribution in [0.1, 0.15) is 41.6 Å². The van der Waals surface area contributed by atoms with Gasteiger partial charge in [0.2, 0.25) is 6.79 Å². The molecule has 7 heteroatoms. The van der Waals surface area contributed by atoms with E-state index < -0.39 is 0 Å². The Labute approximate surface area is 197 Å². The topological polar surface area (TPSA) is 72.5 Å². The van der Waals surface area contributed by atoms with E-state index in [2.05, 4.69) is 0 Å². The van der Waals surface area contributed by atoms with Gasteiger partial charge in [-0.1, -0.05) is 18.9 Å². The highest BCUT2D eigenvalue weighted by Gasteiger charge is 2.34. The fourth-order valence-electron chi connectivity index (χ4n) is 5.30. The maximum absolute atomic E-state index is 13.0. The fourth-order valence-corrected chi connectivity index (χ4v) is 5.30. The number of hydrogen-bond acceptors (Lipinski definition) is 7. The highest BCUT2D eigenvalue weighted by Crippen LogP contribution is 2.49. The van der Waals surface area contributed by atoms with E-state index in [4.69, 9.17) is 28.4 Å². The zero-order valence-corrected chi connectivity index (χ0v) is 19.3. The molecule has 0 amide bonds. The summed E-state index contributed by atoms with van der Waals surface area (Å²) in [6.07, 6.45) is 4.81. The molecular weight excluding hydrogens is 436 g/mol. The first-order chi connectivity index (χ1) is 16.7. The Bertz CT molecular complexity index is 1290. The van der Waals surface area contributed by atoms with E-state index in [9.17, 15) is 4.79 Å². The van der Waals surface area contributed by atoms with Crippen LogP contribution >= 0.6 is 0 Å². The minimum Gasteiger partial charge on any atom is -0.493 e. The average Bonchev–Trinajstić information content (AvgIpc) is 3.62. The fraction of sp³-hybridized carbons (Fsp3) is 0.370. The summed E-state index contributed by atoms with van der Waals surface area (Å²) in [5.41, 5.74) is 2.90. The predicted molar refractivity (Wildman–Crippen MR) is 125 cm³/mol. The van der Waals surface area contributed by atoms with Crippen LogP contribution < -0.4 is 23.7 Å². The van der Waals surface area contributed by atoms with Gasteiger partial charge in [0.15, 0.2) is 23.0 Å². The molecule has 0 aromatic heterocycles. The van der Waals surface area contributed by atoms with Crippen molar-refractivity contribution in [1.29, 1.82) is 0 Å². The normalized spacial score (nSPS) is 16.6. The summed E-state index contributed by atoms with van der Waals surface area (Å²) in [5.74, 6) is 3.36. The van der Waals surface area contributed by atoms with Crippen LogP contribution in [0, 0.1) is 5.92 Å². The van der Waals surface area contributed by atoms with Crippen LogP contribution in [0.15, 0.2) is 30.3 Å². The Morgan fingerprint density at radius 2 is 1.62 bits per heavy atom. The number of cyclic esters (lactones) is 1. The molecule has 0 bridgehead atoms. The molecule has 0 saturated heterocycles. The van der Waals surface area contributed by atoms with Gasteiger partial charge in [-0.25, -0.2) is 4.79 Å². The van der Waals surface area contributed by atoms with Crippen molar-refractivity contribution in [2.75, 3.05) is 27.6 Å². The van der Waals surface area contributed by atoms with Gasteiger partial charge < -0.3 is 28.4 Å². The van der Waals surface area contributed by atoms with Crippen molar-refractivity contribution in [2.45, 2.75) is 32.3 Å². The molecule has 2 aliphatic heterocycles. The lowest BCUT2D eigenvalue weighted by Gasteiger charge is -2.20. The summed E-state index contributed by atoms with van der Waals surface area (Å²) in [4.78, 5) is 13.0. The number of carbonyl (C=O) groups is 1. The lowest BCUT2D eigenvalue weighted by atomic mass is 9.89. The van der Waals surface area contributed by atoms with Crippen molar-refractivity contribution in [1.82, 2.24) is 0 Å². The van der Waals surface area contributed by atoms with Crippen molar-refractivity contribution in [2.24, 2.45) is 5.92 Å². The smallest absolute Gasteiger partial charge is 0.339 e. The summed E-state index contributed by atoms with van der Waals surface area (Å²) in [6.45, 7) is 0.974. The first-order valence-electron chi connectivity index (χ1n) is 11.6. The van der Waals surface area contributed by atoms with Gasteiger partial charge in [0.05, 0.1) is 26.4 Å². The zero-order chi connectivity index (χ0) is 23.2. The molecule has 3 aromatic rings. The maximum Gasteiger partial charge on any atom is 0.339 e. The first kappa shape index (κ1) is 21.0. The van der Waals surface area contributed by atoms with Crippen LogP contribution in [-0.2, 0) is 11.3 Å². The quantitative estimate of drug-likeness (QED) is 0.449. The van der Waals surface area contributed by atoms with Crippen molar-refractivity contribution < 1.29 is 33.2 Å². The number of methoxy groups -OCH3 is 2. The highest BCUT2D eigenvalue weighted by molar-refractivity contribution is 6.14. The van der Waals surface area contributed by atoms with Crippen LogP contribution in [0.25, 0.3) is 21.9 Å².